The lowest BCUT2D eigenvalue weighted by Crippen LogP contribution is -2.25. The number of fused-ring (bicyclic) bond motifs is 1. The number of sulfonamides is 1. The number of rotatable bonds is 5. The maximum absolute atomic E-state index is 12.7. The van der Waals surface area contributed by atoms with Crippen LogP contribution in [0.1, 0.15) is 21.5 Å². The molecule has 0 unspecified atom stereocenters. The lowest BCUT2D eigenvalue weighted by molar-refractivity contribution is -0.141. The third kappa shape index (κ3) is 3.31. The summed E-state index contributed by atoms with van der Waals surface area (Å²) in [5, 5.41) is 11.5. The van der Waals surface area contributed by atoms with Gasteiger partial charge in [-0.25, -0.2) is 18.1 Å². The number of carbonyl (C=O) groups is 2. The number of nitrogens with zero attached hydrogens (tertiary/aromatic N) is 1. The van der Waals surface area contributed by atoms with Gasteiger partial charge in [-0.3, -0.25) is 9.59 Å². The minimum atomic E-state index is -3.90. The van der Waals surface area contributed by atoms with Crippen LogP contribution in [0.15, 0.2) is 41.6 Å². The first kappa shape index (κ1) is 18.0. The molecule has 0 aliphatic heterocycles. The Morgan fingerprint density at radius 2 is 1.96 bits per heavy atom. The quantitative estimate of drug-likeness (QED) is 0.717. The van der Waals surface area contributed by atoms with Gasteiger partial charge in [0.25, 0.3) is 15.9 Å². The molecule has 0 spiro atoms. The van der Waals surface area contributed by atoms with E-state index < -0.39 is 27.8 Å². The van der Waals surface area contributed by atoms with Crippen molar-refractivity contribution in [3.63, 3.8) is 0 Å². The predicted molar refractivity (Wildman–Crippen MR) is 93.4 cm³/mol. The van der Waals surface area contributed by atoms with E-state index in [1.807, 2.05) is 6.07 Å². The highest BCUT2D eigenvalue weighted by Crippen LogP contribution is 2.33. The molecule has 1 amide bonds. The number of aromatic nitrogens is 1. The SMILES string of the molecule is CNS(=O)(=O)c1ncccc1C(=O)Nc1cccc2c1C[C@H](C(=O)O)C2. The van der Waals surface area contributed by atoms with Crippen molar-refractivity contribution in [3.8, 4) is 0 Å². The number of pyridine rings is 1. The standard InChI is InChI=1S/C17H17N3O5S/c1-18-26(24,25)16-12(5-3-7-19-16)15(21)20-14-6-2-4-10-8-11(17(22)23)9-13(10)14/h2-7,11,18H,8-9H2,1H3,(H,20,21)(H,22,23)/t11-/m1/s1. The van der Waals surface area contributed by atoms with Crippen LogP contribution in [-0.2, 0) is 27.7 Å². The van der Waals surface area contributed by atoms with Gasteiger partial charge < -0.3 is 10.4 Å². The summed E-state index contributed by atoms with van der Waals surface area (Å²) in [6.45, 7) is 0. The molecule has 0 saturated heterocycles. The number of nitrogens with one attached hydrogen (secondary N) is 2. The van der Waals surface area contributed by atoms with E-state index in [9.17, 15) is 23.1 Å². The normalized spacial score (nSPS) is 16.1. The molecule has 26 heavy (non-hydrogen) atoms. The Kier molecular flexibility index (Phi) is 4.75. The zero-order chi connectivity index (χ0) is 18.9. The topological polar surface area (TPSA) is 125 Å². The summed E-state index contributed by atoms with van der Waals surface area (Å²) in [5.41, 5.74) is 2.01. The fourth-order valence-corrected chi connectivity index (χ4v) is 3.85. The molecule has 2 aromatic rings. The minimum absolute atomic E-state index is 0.0905. The van der Waals surface area contributed by atoms with Gasteiger partial charge in [-0.05, 0) is 49.2 Å². The third-order valence-corrected chi connectivity index (χ3v) is 5.70. The Morgan fingerprint density at radius 3 is 2.65 bits per heavy atom. The van der Waals surface area contributed by atoms with Crippen LogP contribution in [0.5, 0.6) is 0 Å². The van der Waals surface area contributed by atoms with Crippen LogP contribution in [-0.4, -0.2) is 37.4 Å². The lowest BCUT2D eigenvalue weighted by Gasteiger charge is -2.12. The molecule has 0 saturated carbocycles. The van der Waals surface area contributed by atoms with Gasteiger partial charge in [0.05, 0.1) is 11.5 Å². The molecule has 0 bridgehead atoms. The van der Waals surface area contributed by atoms with Crippen molar-refractivity contribution in [2.24, 2.45) is 5.92 Å². The van der Waals surface area contributed by atoms with Crippen LogP contribution < -0.4 is 10.0 Å². The van der Waals surface area contributed by atoms with Crippen LogP contribution in [0.4, 0.5) is 5.69 Å². The molecule has 136 valence electrons. The van der Waals surface area contributed by atoms with E-state index in [1.165, 1.54) is 25.4 Å². The monoisotopic (exact) mass is 375 g/mol. The van der Waals surface area contributed by atoms with Crippen molar-refractivity contribution in [3.05, 3.63) is 53.2 Å². The van der Waals surface area contributed by atoms with Crippen molar-refractivity contribution in [2.45, 2.75) is 17.9 Å². The second kappa shape index (κ2) is 6.85. The first-order valence-corrected chi connectivity index (χ1v) is 9.35. The molecule has 1 aromatic heterocycles. The zero-order valence-corrected chi connectivity index (χ0v) is 14.7. The smallest absolute Gasteiger partial charge is 0.307 e. The van der Waals surface area contributed by atoms with E-state index in [0.717, 1.165) is 11.1 Å². The predicted octanol–water partition coefficient (Wildman–Crippen LogP) is 1.04. The number of hydrogen-bond acceptors (Lipinski definition) is 5. The number of carboxylic acid groups (broad SMARTS) is 1. The summed E-state index contributed by atoms with van der Waals surface area (Å²) >= 11 is 0. The van der Waals surface area contributed by atoms with Gasteiger partial charge in [0.2, 0.25) is 0 Å². The lowest BCUT2D eigenvalue weighted by atomic mass is 10.1. The number of carbonyl (C=O) groups excluding carboxylic acids is 1. The number of benzene rings is 1. The van der Waals surface area contributed by atoms with Crippen LogP contribution in [0, 0.1) is 5.92 Å². The molecule has 3 rings (SSSR count). The Labute approximate surface area is 150 Å². The van der Waals surface area contributed by atoms with Crippen LogP contribution >= 0.6 is 0 Å². The van der Waals surface area contributed by atoms with E-state index in [2.05, 4.69) is 15.0 Å². The Morgan fingerprint density at radius 1 is 1.19 bits per heavy atom. The van der Waals surface area contributed by atoms with E-state index in [1.54, 1.807) is 12.1 Å². The van der Waals surface area contributed by atoms with E-state index >= 15 is 0 Å². The van der Waals surface area contributed by atoms with Crippen molar-refractivity contribution in [2.75, 3.05) is 12.4 Å². The van der Waals surface area contributed by atoms with Crippen molar-refractivity contribution >= 4 is 27.6 Å². The van der Waals surface area contributed by atoms with Gasteiger partial charge >= 0.3 is 5.97 Å². The van der Waals surface area contributed by atoms with Gasteiger partial charge in [-0.2, -0.15) is 0 Å². The average Bonchev–Trinajstić information content (AvgIpc) is 3.07. The summed E-state index contributed by atoms with van der Waals surface area (Å²) in [5.74, 6) is -2.03. The number of anilines is 1. The molecule has 1 heterocycles. The van der Waals surface area contributed by atoms with Gasteiger partial charge in [0.15, 0.2) is 5.03 Å². The van der Waals surface area contributed by atoms with E-state index in [4.69, 9.17) is 0 Å². The third-order valence-electron chi connectivity index (χ3n) is 4.33. The summed E-state index contributed by atoms with van der Waals surface area (Å²) in [6.07, 6.45) is 2.01. The molecule has 1 atom stereocenters. The fraction of sp³-hybridized carbons (Fsp3) is 0.235. The zero-order valence-electron chi connectivity index (χ0n) is 13.9. The molecule has 3 N–H and O–H groups in total. The van der Waals surface area contributed by atoms with Gasteiger partial charge in [0.1, 0.15) is 0 Å². The molecule has 9 heteroatoms. The fourth-order valence-electron chi connectivity index (χ4n) is 3.01. The molecular weight excluding hydrogens is 358 g/mol. The highest BCUT2D eigenvalue weighted by molar-refractivity contribution is 7.89. The highest BCUT2D eigenvalue weighted by Gasteiger charge is 2.30. The number of carboxylic acids is 1. The Hall–Kier alpha value is -2.78. The van der Waals surface area contributed by atoms with Gasteiger partial charge in [0, 0.05) is 11.9 Å². The molecule has 1 aromatic carbocycles. The summed E-state index contributed by atoms with van der Waals surface area (Å²) in [4.78, 5) is 27.7. The van der Waals surface area contributed by atoms with Gasteiger partial charge in [-0.15, -0.1) is 0 Å². The van der Waals surface area contributed by atoms with Gasteiger partial charge in [-0.1, -0.05) is 12.1 Å². The van der Waals surface area contributed by atoms with Crippen LogP contribution in [0.25, 0.3) is 0 Å². The van der Waals surface area contributed by atoms with Crippen LogP contribution in [0.2, 0.25) is 0 Å². The average molecular weight is 375 g/mol. The van der Waals surface area contributed by atoms with Crippen molar-refractivity contribution < 1.29 is 23.1 Å². The second-order valence-corrected chi connectivity index (χ2v) is 7.71. The molecule has 0 fully saturated rings. The Bertz CT molecular complexity index is 988. The van der Waals surface area contributed by atoms with E-state index in [0.29, 0.717) is 18.5 Å². The largest absolute Gasteiger partial charge is 0.481 e. The molecule has 0 radical (unpaired) electrons. The van der Waals surface area contributed by atoms with Crippen molar-refractivity contribution in [1.29, 1.82) is 0 Å². The summed E-state index contributed by atoms with van der Waals surface area (Å²) in [7, 11) is -2.66. The highest BCUT2D eigenvalue weighted by atomic mass is 32.2. The first-order valence-electron chi connectivity index (χ1n) is 7.87. The minimum Gasteiger partial charge on any atom is -0.481 e. The first-order chi connectivity index (χ1) is 12.3. The number of amides is 1. The maximum atomic E-state index is 12.7. The number of aliphatic carboxylic acids is 1. The maximum Gasteiger partial charge on any atom is 0.307 e. The molecule has 1 aliphatic carbocycles. The second-order valence-electron chi connectivity index (χ2n) is 5.90. The van der Waals surface area contributed by atoms with E-state index in [-0.39, 0.29) is 10.6 Å². The molecule has 1 aliphatic rings. The van der Waals surface area contributed by atoms with Crippen molar-refractivity contribution in [1.82, 2.24) is 9.71 Å². The molecule has 8 nitrogen and oxygen atoms in total. The molecular formula is C17H17N3O5S. The Balaban J connectivity index is 1.93. The summed E-state index contributed by atoms with van der Waals surface area (Å²) < 4.78 is 26.3. The van der Waals surface area contributed by atoms with Crippen LogP contribution in [0.3, 0.4) is 0 Å². The summed E-state index contributed by atoms with van der Waals surface area (Å²) in [6, 6.07) is 8.07. The number of hydrogen-bond donors (Lipinski definition) is 3.